The number of halogens is 2. The zero-order chi connectivity index (χ0) is 22.5. The molecule has 5 rings (SSSR count). The Morgan fingerprint density at radius 1 is 0.788 bits per heavy atom. The van der Waals surface area contributed by atoms with Gasteiger partial charge >= 0.3 is 34.2 Å². The molecule has 0 nitrogen and oxygen atoms in total. The zero-order valence-electron chi connectivity index (χ0n) is 20.1. The van der Waals surface area contributed by atoms with Gasteiger partial charge in [0.2, 0.25) is 0 Å². The van der Waals surface area contributed by atoms with Gasteiger partial charge in [0.1, 0.15) is 0 Å². The van der Waals surface area contributed by atoms with Gasteiger partial charge in [-0.25, -0.2) is 0 Å². The van der Waals surface area contributed by atoms with E-state index in [0.717, 1.165) is 0 Å². The summed E-state index contributed by atoms with van der Waals surface area (Å²) in [6.45, 7) is 17.4. The second kappa shape index (κ2) is 14.0. The molecule has 0 N–H and O–H groups in total. The minimum atomic E-state index is -0.159. The first-order valence-corrected chi connectivity index (χ1v) is 19.3. The van der Waals surface area contributed by atoms with Crippen LogP contribution in [0.15, 0.2) is 54.6 Å². The summed E-state index contributed by atoms with van der Waals surface area (Å²) in [5, 5.41) is 2.85. The summed E-state index contributed by atoms with van der Waals surface area (Å²) < 4.78 is 0. The maximum atomic E-state index is 3.27. The predicted molar refractivity (Wildman–Crippen MR) is 134 cm³/mol. The van der Waals surface area contributed by atoms with Gasteiger partial charge in [0, 0.05) is 0 Å². The van der Waals surface area contributed by atoms with Gasteiger partial charge < -0.3 is 24.8 Å². The fraction of sp³-hybridized carbons (Fsp3) is 0.286. The molecular formula is C28H30Cl2Si2Zr-4. The Morgan fingerprint density at radius 2 is 1.36 bits per heavy atom. The van der Waals surface area contributed by atoms with Crippen molar-refractivity contribution in [3.8, 4) is 11.1 Å². The van der Waals surface area contributed by atoms with E-state index in [2.05, 4.69) is 103 Å². The van der Waals surface area contributed by atoms with E-state index in [1.165, 1.54) is 69.0 Å². The van der Waals surface area contributed by atoms with Crippen LogP contribution in [0.4, 0.5) is 0 Å². The summed E-state index contributed by atoms with van der Waals surface area (Å²) in [7, 11) is 0. The van der Waals surface area contributed by atoms with Gasteiger partial charge in [-0.1, -0.05) is 81.6 Å². The Kier molecular flexibility index (Phi) is 12.9. The quantitative estimate of drug-likeness (QED) is 0.231. The van der Waals surface area contributed by atoms with E-state index in [-0.39, 0.29) is 45.3 Å². The molecule has 0 spiro atoms. The molecule has 172 valence electrons. The molecule has 4 radical (unpaired) electrons. The molecule has 0 atom stereocenters. The molecule has 0 saturated heterocycles. The van der Waals surface area contributed by atoms with Crippen molar-refractivity contribution in [3.63, 3.8) is 0 Å². The van der Waals surface area contributed by atoms with E-state index < -0.39 is 0 Å². The summed E-state index contributed by atoms with van der Waals surface area (Å²) in [5.74, 6) is 0. The number of benzene rings is 2. The second-order valence-corrected chi connectivity index (χ2v) is 15.1. The topological polar surface area (TPSA) is 0 Å². The molecule has 1 aliphatic rings. The van der Waals surface area contributed by atoms with E-state index in [9.17, 15) is 0 Å². The second-order valence-electron chi connectivity index (χ2n) is 8.53. The van der Waals surface area contributed by atoms with Crippen LogP contribution < -0.4 is 24.8 Å². The first kappa shape index (κ1) is 30.3. The van der Waals surface area contributed by atoms with E-state index in [1.807, 2.05) is 0 Å². The summed E-state index contributed by atoms with van der Waals surface area (Å²) in [5.41, 5.74) is 13.1. The summed E-state index contributed by atoms with van der Waals surface area (Å²) in [6, 6.07) is 20.2. The molecule has 4 aromatic carbocycles. The number of hydrogen-bond acceptors (Lipinski definition) is 0. The normalized spacial score (nSPS) is 11.1. The fourth-order valence-corrected chi connectivity index (χ4v) is 4.64. The van der Waals surface area contributed by atoms with Crippen LogP contribution in [0.1, 0.15) is 45.4 Å². The Hall–Kier alpha value is -0.703. The van der Waals surface area contributed by atoms with Crippen LogP contribution >= 0.6 is 0 Å². The fourth-order valence-electron chi connectivity index (χ4n) is 4.64. The van der Waals surface area contributed by atoms with E-state index >= 15 is 0 Å². The Morgan fingerprint density at radius 3 is 1.88 bits per heavy atom. The van der Waals surface area contributed by atoms with Gasteiger partial charge in [-0.3, -0.25) is 0 Å². The SMILES string of the molecule is Cc1[cH-]c(C)c(C)c1C.Cc1cc2c(-c3ccccc3)c3c(cc2[cH-]1)CCC3.[Cl-].[Cl-].[Si]=[Zr]=[Si]. The van der Waals surface area contributed by atoms with Crippen molar-refractivity contribution < 1.29 is 45.3 Å². The average molecular weight is 585 g/mol. The summed E-state index contributed by atoms with van der Waals surface area (Å²) >= 11 is -0.159. The van der Waals surface area contributed by atoms with Gasteiger partial charge in [-0.2, -0.15) is 34.4 Å². The Labute approximate surface area is 226 Å². The molecule has 0 bridgehead atoms. The molecule has 1 aliphatic carbocycles. The molecule has 0 unspecified atom stereocenters. The van der Waals surface area contributed by atoms with Crippen LogP contribution in [0.5, 0.6) is 0 Å². The molecule has 5 heteroatoms. The van der Waals surface area contributed by atoms with Crippen molar-refractivity contribution >= 4 is 24.5 Å². The molecule has 0 amide bonds. The van der Waals surface area contributed by atoms with Crippen LogP contribution in [0.25, 0.3) is 21.9 Å². The predicted octanol–water partition coefficient (Wildman–Crippen LogP) is 0.906. The molecule has 0 fully saturated rings. The molecule has 0 aromatic heterocycles. The number of fused-ring (bicyclic) bond motifs is 2. The van der Waals surface area contributed by atoms with Gasteiger partial charge in [-0.05, 0) is 24.8 Å². The van der Waals surface area contributed by atoms with E-state index in [1.54, 1.807) is 11.1 Å². The van der Waals surface area contributed by atoms with Crippen LogP contribution in [0, 0.1) is 34.6 Å². The van der Waals surface area contributed by atoms with E-state index in [0.29, 0.717) is 0 Å². The number of aryl methyl sites for hydroxylation is 4. The van der Waals surface area contributed by atoms with Crippen molar-refractivity contribution in [3.05, 3.63) is 93.5 Å². The molecule has 0 saturated carbocycles. The van der Waals surface area contributed by atoms with Crippen LogP contribution in [0.2, 0.25) is 0 Å². The third-order valence-corrected chi connectivity index (χ3v) is 6.47. The molecule has 0 aliphatic heterocycles. The monoisotopic (exact) mass is 582 g/mol. The summed E-state index contributed by atoms with van der Waals surface area (Å²) in [6.07, 6.45) is 3.79. The first-order valence-electron chi connectivity index (χ1n) is 10.9. The maximum absolute atomic E-state index is 3.27. The molecule has 0 heterocycles. The Bertz CT molecular complexity index is 1210. The third kappa shape index (κ3) is 7.15. The van der Waals surface area contributed by atoms with Crippen molar-refractivity contribution in [2.24, 2.45) is 0 Å². The first-order chi connectivity index (χ1) is 14.9. The zero-order valence-corrected chi connectivity index (χ0v) is 26.0. The molecular weight excluding hydrogens is 555 g/mol. The minimum absolute atomic E-state index is 0. The third-order valence-electron chi connectivity index (χ3n) is 6.47. The average Bonchev–Trinajstić information content (AvgIpc) is 3.42. The van der Waals surface area contributed by atoms with Gasteiger partial charge in [0.05, 0.1) is 0 Å². The standard InChI is InChI=1S/C19H17.C9H13.2ClH.2Si.Zr/c1-13-10-16-12-15-8-5-9-17(15)19(18(16)11-13)14-6-3-2-4-7-14;1-6-5-7(2)9(4)8(6)3;;;;;/h2-4,6-7,10-12H,5,8-9H2,1H3;5H,1-4H3;2*1H;;;/q2*-1;;;;;/p-2. The van der Waals surface area contributed by atoms with Crippen molar-refractivity contribution in [1.82, 2.24) is 0 Å². The van der Waals surface area contributed by atoms with Crippen molar-refractivity contribution in [1.29, 1.82) is 0 Å². The molecule has 4 aromatic rings. The molecule has 33 heavy (non-hydrogen) atoms. The summed E-state index contributed by atoms with van der Waals surface area (Å²) in [4.78, 5) is 0. The van der Waals surface area contributed by atoms with Crippen molar-refractivity contribution in [2.45, 2.75) is 53.9 Å². The van der Waals surface area contributed by atoms with Crippen LogP contribution in [0.3, 0.4) is 0 Å². The van der Waals surface area contributed by atoms with Gasteiger partial charge in [0.15, 0.2) is 0 Å². The van der Waals surface area contributed by atoms with Crippen molar-refractivity contribution in [2.75, 3.05) is 0 Å². The Balaban J connectivity index is 0.000000332. The van der Waals surface area contributed by atoms with Crippen LogP contribution in [-0.4, -0.2) is 13.8 Å². The van der Waals surface area contributed by atoms with Gasteiger partial charge in [0.25, 0.3) is 0 Å². The van der Waals surface area contributed by atoms with Crippen LogP contribution in [-0.2, 0) is 33.3 Å². The number of hydrogen-bond donors (Lipinski definition) is 0. The number of rotatable bonds is 1. The van der Waals surface area contributed by atoms with Gasteiger partial charge in [-0.15, -0.1) is 28.5 Å². The van der Waals surface area contributed by atoms with E-state index in [4.69, 9.17) is 0 Å².